The minimum atomic E-state index is -3.61. The van der Waals surface area contributed by atoms with E-state index in [2.05, 4.69) is 20.0 Å². The molecule has 0 aliphatic rings. The Labute approximate surface area is 186 Å². The summed E-state index contributed by atoms with van der Waals surface area (Å²) in [5, 5.41) is 12.6. The number of rotatable bonds is 9. The summed E-state index contributed by atoms with van der Waals surface area (Å²) in [7, 11) is 0.114. The van der Waals surface area contributed by atoms with E-state index in [9.17, 15) is 18.3 Å². The molecule has 1 aromatic heterocycles. The third kappa shape index (κ3) is 6.00. The molecule has 0 unspecified atom stereocenters. The lowest BCUT2D eigenvalue weighted by Gasteiger charge is -2.18. The molecule has 0 bridgehead atoms. The Morgan fingerprint density at radius 3 is 2.34 bits per heavy atom. The Bertz CT molecular complexity index is 1150. The zero-order valence-corrected chi connectivity index (χ0v) is 18.5. The number of para-hydroxylation sites is 1. The minimum Gasteiger partial charge on any atom is -0.464 e. The average molecular weight is 457 g/mol. The molecule has 0 atom stereocenters. The molecule has 2 aromatic carbocycles. The first-order valence-electron chi connectivity index (χ1n) is 9.69. The van der Waals surface area contributed by atoms with Crippen LogP contribution in [0.4, 0.5) is 27.9 Å². The number of carboxylic acid groups (broad SMARTS) is 1. The first-order chi connectivity index (χ1) is 15.3. The first-order valence-corrected chi connectivity index (χ1v) is 11.2. The van der Waals surface area contributed by atoms with E-state index in [1.54, 1.807) is 42.5 Å². The van der Waals surface area contributed by atoms with E-state index in [4.69, 9.17) is 0 Å². The van der Waals surface area contributed by atoms with Gasteiger partial charge in [-0.25, -0.2) is 27.8 Å². The van der Waals surface area contributed by atoms with E-state index < -0.39 is 16.1 Å². The average Bonchev–Trinajstić information content (AvgIpc) is 2.75. The highest BCUT2D eigenvalue weighted by Crippen LogP contribution is 2.25. The number of likely N-dealkylation sites (N-methyl/N-ethyl adjacent to an activating group) is 1. The van der Waals surface area contributed by atoms with Gasteiger partial charge in [0.1, 0.15) is 5.82 Å². The molecule has 0 saturated carbocycles. The third-order valence-electron chi connectivity index (χ3n) is 4.35. The molecule has 0 fully saturated rings. The number of nitrogens with one attached hydrogen (secondary N) is 2. The number of hydrogen-bond acceptors (Lipinski definition) is 7. The Morgan fingerprint density at radius 1 is 1.03 bits per heavy atom. The number of benzene rings is 2. The number of nitrogens with zero attached hydrogens (tertiary/aromatic N) is 4. The van der Waals surface area contributed by atoms with Crippen molar-refractivity contribution in [2.24, 2.45) is 0 Å². The summed E-state index contributed by atoms with van der Waals surface area (Å²) < 4.78 is 27.3. The summed E-state index contributed by atoms with van der Waals surface area (Å²) in [5.41, 5.74) is 0.997. The van der Waals surface area contributed by atoms with Crippen molar-refractivity contribution >= 4 is 39.3 Å². The van der Waals surface area contributed by atoms with Gasteiger partial charge in [0.25, 0.3) is 0 Å². The van der Waals surface area contributed by atoms with Crippen molar-refractivity contribution in [3.8, 4) is 0 Å². The molecule has 11 heteroatoms. The molecule has 0 aliphatic heterocycles. The predicted octanol–water partition coefficient (Wildman–Crippen LogP) is 2.88. The van der Waals surface area contributed by atoms with Crippen LogP contribution < -0.4 is 14.9 Å². The molecule has 3 rings (SSSR count). The lowest BCUT2D eigenvalue weighted by Crippen LogP contribution is -2.31. The lowest BCUT2D eigenvalue weighted by molar-refractivity contribution is 0.204. The normalized spacial score (nSPS) is 11.3. The van der Waals surface area contributed by atoms with Gasteiger partial charge in [0.05, 0.1) is 10.6 Å². The van der Waals surface area contributed by atoms with Crippen molar-refractivity contribution in [3.05, 3.63) is 66.9 Å². The Kier molecular flexibility index (Phi) is 7.36. The van der Waals surface area contributed by atoms with Gasteiger partial charge < -0.3 is 15.3 Å². The molecule has 3 aromatic rings. The Morgan fingerprint density at radius 2 is 1.72 bits per heavy atom. The van der Waals surface area contributed by atoms with Gasteiger partial charge in [-0.3, -0.25) is 0 Å². The number of hydrogen-bond donors (Lipinski definition) is 3. The van der Waals surface area contributed by atoms with Crippen molar-refractivity contribution in [1.29, 1.82) is 0 Å². The number of sulfonamides is 1. The molecule has 1 amide bonds. The van der Waals surface area contributed by atoms with E-state index in [-0.39, 0.29) is 16.7 Å². The topological polar surface area (TPSA) is 128 Å². The summed E-state index contributed by atoms with van der Waals surface area (Å²) in [5.74, 6) is 0.342. The van der Waals surface area contributed by atoms with E-state index in [1.165, 1.54) is 24.4 Å². The molecule has 0 spiro atoms. The van der Waals surface area contributed by atoms with Crippen LogP contribution in [-0.2, 0) is 10.0 Å². The van der Waals surface area contributed by atoms with Crippen LogP contribution in [-0.4, -0.2) is 61.7 Å². The van der Waals surface area contributed by atoms with Gasteiger partial charge in [0, 0.05) is 31.0 Å². The maximum Gasteiger partial charge on any atom is 0.417 e. The highest BCUT2D eigenvalue weighted by molar-refractivity contribution is 7.89. The van der Waals surface area contributed by atoms with Gasteiger partial charge in [0.15, 0.2) is 0 Å². The summed E-state index contributed by atoms with van der Waals surface area (Å²) in [6.45, 7) is 0.889. The van der Waals surface area contributed by atoms with E-state index in [1.807, 2.05) is 19.0 Å². The molecule has 0 aliphatic carbocycles. The van der Waals surface area contributed by atoms with Gasteiger partial charge in [-0.05, 0) is 50.5 Å². The fourth-order valence-electron chi connectivity index (χ4n) is 2.79. The van der Waals surface area contributed by atoms with Crippen molar-refractivity contribution in [2.75, 3.05) is 37.4 Å². The molecule has 32 heavy (non-hydrogen) atoms. The number of anilines is 4. The smallest absolute Gasteiger partial charge is 0.417 e. The summed E-state index contributed by atoms with van der Waals surface area (Å²) >= 11 is 0. The molecule has 3 N–H and O–H groups in total. The molecular formula is C21H24N6O4S. The molecule has 0 saturated heterocycles. The maximum atomic E-state index is 12.4. The van der Waals surface area contributed by atoms with Crippen LogP contribution in [0.1, 0.15) is 0 Å². The van der Waals surface area contributed by atoms with Crippen LogP contribution in [0.2, 0.25) is 0 Å². The van der Waals surface area contributed by atoms with Crippen LogP contribution in [0, 0.1) is 0 Å². The Balaban J connectivity index is 1.75. The van der Waals surface area contributed by atoms with Crippen LogP contribution in [0.25, 0.3) is 0 Å². The number of carbonyl (C=O) groups is 1. The van der Waals surface area contributed by atoms with E-state index in [0.29, 0.717) is 24.5 Å². The van der Waals surface area contributed by atoms with Gasteiger partial charge in [-0.2, -0.15) is 4.98 Å². The van der Waals surface area contributed by atoms with Gasteiger partial charge in [-0.15, -0.1) is 0 Å². The fraction of sp³-hybridized carbons (Fsp3) is 0.190. The highest BCUT2D eigenvalue weighted by Gasteiger charge is 2.19. The summed E-state index contributed by atoms with van der Waals surface area (Å²) in [6.07, 6.45) is 0.258. The molecule has 168 valence electrons. The monoisotopic (exact) mass is 456 g/mol. The molecular weight excluding hydrogens is 432 g/mol. The largest absolute Gasteiger partial charge is 0.464 e. The van der Waals surface area contributed by atoms with Crippen LogP contribution in [0.15, 0.2) is 71.8 Å². The van der Waals surface area contributed by atoms with Gasteiger partial charge in [0.2, 0.25) is 16.0 Å². The minimum absolute atomic E-state index is 0.137. The van der Waals surface area contributed by atoms with E-state index in [0.717, 1.165) is 4.90 Å². The highest BCUT2D eigenvalue weighted by atomic mass is 32.2. The number of amides is 1. The summed E-state index contributed by atoms with van der Waals surface area (Å²) in [4.78, 5) is 23.3. The second-order valence-corrected chi connectivity index (χ2v) is 8.81. The van der Waals surface area contributed by atoms with Crippen molar-refractivity contribution in [3.63, 3.8) is 0 Å². The van der Waals surface area contributed by atoms with Crippen molar-refractivity contribution < 1.29 is 18.3 Å². The van der Waals surface area contributed by atoms with Crippen molar-refractivity contribution in [2.45, 2.75) is 4.90 Å². The number of aromatic nitrogens is 2. The maximum absolute atomic E-state index is 12.4. The summed E-state index contributed by atoms with van der Waals surface area (Å²) in [6, 6.07) is 16.2. The van der Waals surface area contributed by atoms with Crippen LogP contribution >= 0.6 is 0 Å². The molecule has 10 nitrogen and oxygen atoms in total. The molecule has 0 radical (unpaired) electrons. The third-order valence-corrected chi connectivity index (χ3v) is 5.82. The SMILES string of the molecule is CN(C)CCNS(=O)(=O)c1ccc(Nc2nccc(N(C(=O)O)c3ccccc3)n2)cc1. The van der Waals surface area contributed by atoms with E-state index >= 15 is 0 Å². The first kappa shape index (κ1) is 23.1. The quantitative estimate of drug-likeness (QED) is 0.448. The zero-order chi connectivity index (χ0) is 23.1. The standard InChI is InChI=1S/C21H24N6O4S/c1-26(2)15-14-23-32(30,31)18-10-8-16(9-11-18)24-20-22-13-12-19(25-20)27(21(28)29)17-6-4-3-5-7-17/h3-13,23H,14-15H2,1-2H3,(H,28,29)(H,22,24,25). The van der Waals surface area contributed by atoms with Gasteiger partial charge in [-0.1, -0.05) is 18.2 Å². The molecule has 1 heterocycles. The van der Waals surface area contributed by atoms with Crippen molar-refractivity contribution in [1.82, 2.24) is 19.6 Å². The van der Waals surface area contributed by atoms with Gasteiger partial charge >= 0.3 is 6.09 Å². The second kappa shape index (κ2) is 10.2. The van der Waals surface area contributed by atoms with Crippen LogP contribution in [0.3, 0.4) is 0 Å². The second-order valence-electron chi connectivity index (χ2n) is 7.04. The lowest BCUT2D eigenvalue weighted by atomic mass is 10.3. The predicted molar refractivity (Wildman–Crippen MR) is 122 cm³/mol. The Hall–Kier alpha value is -3.54. The van der Waals surface area contributed by atoms with Crippen LogP contribution in [0.5, 0.6) is 0 Å². The fourth-order valence-corrected chi connectivity index (χ4v) is 3.81. The zero-order valence-electron chi connectivity index (χ0n) is 17.6.